The lowest BCUT2D eigenvalue weighted by Gasteiger charge is -2.06. The molecule has 0 spiro atoms. The maximum Gasteiger partial charge on any atom is 0.251 e. The fourth-order valence-corrected chi connectivity index (χ4v) is 3.70. The third-order valence-corrected chi connectivity index (χ3v) is 5.67. The molecular weight excluding hydrogens is 366 g/mol. The van der Waals surface area contributed by atoms with E-state index in [-0.39, 0.29) is 5.91 Å². The number of amides is 1. The lowest BCUT2D eigenvalue weighted by molar-refractivity contribution is 0.0953. The van der Waals surface area contributed by atoms with Crippen molar-refractivity contribution in [3.05, 3.63) is 34.9 Å². The molecule has 28 heavy (non-hydrogen) atoms. The molecule has 1 aromatic rings. The van der Waals surface area contributed by atoms with Gasteiger partial charge in [0.25, 0.3) is 5.91 Å². The maximum atomic E-state index is 12.0. The van der Waals surface area contributed by atoms with Gasteiger partial charge < -0.3 is 5.32 Å². The van der Waals surface area contributed by atoms with E-state index in [1.165, 1.54) is 96.3 Å². The second-order valence-electron chi connectivity index (χ2n) is 8.07. The van der Waals surface area contributed by atoms with Gasteiger partial charge in [-0.1, -0.05) is 115 Å². The molecule has 0 saturated carbocycles. The molecule has 0 aliphatic rings. The minimum absolute atomic E-state index is 0.00220. The lowest BCUT2D eigenvalue weighted by Crippen LogP contribution is -2.24. The Kier molecular flexibility index (Phi) is 16.1. The molecule has 0 radical (unpaired) electrons. The number of carbonyl (C=O) groups is 1. The number of hydrogen-bond acceptors (Lipinski definition) is 1. The minimum Gasteiger partial charge on any atom is -0.352 e. The van der Waals surface area contributed by atoms with Gasteiger partial charge in [-0.25, -0.2) is 0 Å². The number of benzene rings is 1. The Bertz CT molecular complexity index is 486. The summed E-state index contributed by atoms with van der Waals surface area (Å²) in [4.78, 5) is 12.0. The van der Waals surface area contributed by atoms with Gasteiger partial charge >= 0.3 is 0 Å². The van der Waals surface area contributed by atoms with E-state index < -0.39 is 0 Å². The average Bonchev–Trinajstić information content (AvgIpc) is 2.70. The van der Waals surface area contributed by atoms with Crippen molar-refractivity contribution in [1.29, 1.82) is 0 Å². The molecular formula is C25H42ClNO. The van der Waals surface area contributed by atoms with E-state index in [2.05, 4.69) is 12.2 Å². The summed E-state index contributed by atoms with van der Waals surface area (Å²) in [6.07, 6.45) is 21.9. The van der Waals surface area contributed by atoms with Gasteiger partial charge in [-0.3, -0.25) is 4.79 Å². The van der Waals surface area contributed by atoms with E-state index in [1.54, 1.807) is 24.3 Å². The summed E-state index contributed by atoms with van der Waals surface area (Å²) in [6, 6.07) is 7.05. The smallest absolute Gasteiger partial charge is 0.251 e. The summed E-state index contributed by atoms with van der Waals surface area (Å²) in [5.74, 6) is -0.00220. The first-order valence-corrected chi connectivity index (χ1v) is 12.2. The average molecular weight is 408 g/mol. The third-order valence-electron chi connectivity index (χ3n) is 5.42. The topological polar surface area (TPSA) is 29.1 Å². The fourth-order valence-electron chi connectivity index (χ4n) is 3.58. The molecule has 0 saturated heterocycles. The van der Waals surface area contributed by atoms with Gasteiger partial charge in [0.15, 0.2) is 0 Å². The lowest BCUT2D eigenvalue weighted by atomic mass is 10.0. The summed E-state index contributed by atoms with van der Waals surface area (Å²) in [5, 5.41) is 3.65. The third kappa shape index (κ3) is 14.0. The number of rotatable bonds is 18. The summed E-state index contributed by atoms with van der Waals surface area (Å²) in [5.41, 5.74) is 0.681. The molecule has 1 amide bonds. The van der Waals surface area contributed by atoms with Gasteiger partial charge in [-0.05, 0) is 30.7 Å². The van der Waals surface area contributed by atoms with Crippen LogP contribution in [0.3, 0.4) is 0 Å². The number of carbonyl (C=O) groups excluding carboxylic acids is 1. The zero-order valence-electron chi connectivity index (χ0n) is 18.1. The Balaban J connectivity index is 1.78. The molecule has 0 bridgehead atoms. The molecule has 1 aromatic carbocycles. The van der Waals surface area contributed by atoms with Crippen molar-refractivity contribution in [3.63, 3.8) is 0 Å². The van der Waals surface area contributed by atoms with Crippen LogP contribution < -0.4 is 5.32 Å². The van der Waals surface area contributed by atoms with Crippen LogP contribution in [-0.2, 0) is 0 Å². The standard InChI is InChI=1S/C25H42ClNO/c1-2-3-4-5-6-7-8-9-10-11-12-13-14-15-16-17-22-27-25(28)23-18-20-24(26)21-19-23/h18-21H,2-17,22H2,1H3,(H,27,28). The Morgan fingerprint density at radius 2 is 1.07 bits per heavy atom. The van der Waals surface area contributed by atoms with Crippen molar-refractivity contribution in [1.82, 2.24) is 5.32 Å². The molecule has 160 valence electrons. The predicted octanol–water partition coefficient (Wildman–Crippen LogP) is 8.33. The van der Waals surface area contributed by atoms with E-state index >= 15 is 0 Å². The second-order valence-corrected chi connectivity index (χ2v) is 8.50. The van der Waals surface area contributed by atoms with Crippen LogP contribution >= 0.6 is 11.6 Å². The first kappa shape index (κ1) is 25.0. The van der Waals surface area contributed by atoms with Crippen LogP contribution in [0.1, 0.15) is 120 Å². The normalized spacial score (nSPS) is 10.9. The van der Waals surface area contributed by atoms with Crippen LogP contribution in [0.4, 0.5) is 0 Å². The fraction of sp³-hybridized carbons (Fsp3) is 0.720. The van der Waals surface area contributed by atoms with E-state index in [0.29, 0.717) is 10.6 Å². The molecule has 2 nitrogen and oxygen atoms in total. The molecule has 1 rings (SSSR count). The highest BCUT2D eigenvalue weighted by Crippen LogP contribution is 2.14. The number of unbranched alkanes of at least 4 members (excludes halogenated alkanes) is 15. The summed E-state index contributed by atoms with van der Waals surface area (Å²) >= 11 is 5.84. The van der Waals surface area contributed by atoms with E-state index in [4.69, 9.17) is 11.6 Å². The van der Waals surface area contributed by atoms with E-state index in [0.717, 1.165) is 13.0 Å². The number of nitrogens with one attached hydrogen (secondary N) is 1. The van der Waals surface area contributed by atoms with Crippen LogP contribution in [0.15, 0.2) is 24.3 Å². The number of hydrogen-bond donors (Lipinski definition) is 1. The molecule has 1 N–H and O–H groups in total. The van der Waals surface area contributed by atoms with Gasteiger partial charge in [0.2, 0.25) is 0 Å². The van der Waals surface area contributed by atoms with Crippen molar-refractivity contribution in [2.45, 2.75) is 110 Å². The van der Waals surface area contributed by atoms with Crippen molar-refractivity contribution in [2.24, 2.45) is 0 Å². The molecule has 0 heterocycles. The zero-order valence-corrected chi connectivity index (χ0v) is 18.9. The van der Waals surface area contributed by atoms with Crippen molar-refractivity contribution in [2.75, 3.05) is 6.54 Å². The summed E-state index contributed by atoms with van der Waals surface area (Å²) in [6.45, 7) is 3.05. The van der Waals surface area contributed by atoms with Gasteiger partial charge in [0.1, 0.15) is 0 Å². The largest absolute Gasteiger partial charge is 0.352 e. The summed E-state index contributed by atoms with van der Waals surface area (Å²) < 4.78 is 0. The van der Waals surface area contributed by atoms with E-state index in [1.807, 2.05) is 0 Å². The molecule has 0 atom stereocenters. The Morgan fingerprint density at radius 1 is 0.679 bits per heavy atom. The Morgan fingerprint density at radius 3 is 1.50 bits per heavy atom. The first-order chi connectivity index (χ1) is 13.7. The van der Waals surface area contributed by atoms with Gasteiger partial charge in [-0.2, -0.15) is 0 Å². The van der Waals surface area contributed by atoms with Crippen molar-refractivity contribution >= 4 is 17.5 Å². The van der Waals surface area contributed by atoms with Gasteiger partial charge in [0, 0.05) is 17.1 Å². The SMILES string of the molecule is CCCCCCCCCCCCCCCCCCNC(=O)c1ccc(Cl)cc1. The van der Waals surface area contributed by atoms with Crippen LogP contribution in [0.5, 0.6) is 0 Å². The maximum absolute atomic E-state index is 12.0. The van der Waals surface area contributed by atoms with Crippen molar-refractivity contribution in [3.8, 4) is 0 Å². The van der Waals surface area contributed by atoms with E-state index in [9.17, 15) is 4.79 Å². The second kappa shape index (κ2) is 18.0. The molecule has 0 aliphatic heterocycles. The monoisotopic (exact) mass is 407 g/mol. The van der Waals surface area contributed by atoms with Crippen LogP contribution in [0.2, 0.25) is 5.02 Å². The molecule has 0 aromatic heterocycles. The number of halogens is 1. The van der Waals surface area contributed by atoms with Crippen LogP contribution in [0, 0.1) is 0 Å². The van der Waals surface area contributed by atoms with Crippen LogP contribution in [0.25, 0.3) is 0 Å². The molecule has 0 fully saturated rings. The Labute approximate surface area is 178 Å². The highest BCUT2D eigenvalue weighted by atomic mass is 35.5. The first-order valence-electron chi connectivity index (χ1n) is 11.8. The van der Waals surface area contributed by atoms with Crippen molar-refractivity contribution < 1.29 is 4.79 Å². The van der Waals surface area contributed by atoms with Gasteiger partial charge in [0.05, 0.1) is 0 Å². The predicted molar refractivity (Wildman–Crippen MR) is 123 cm³/mol. The quantitative estimate of drug-likeness (QED) is 0.243. The highest BCUT2D eigenvalue weighted by molar-refractivity contribution is 6.30. The van der Waals surface area contributed by atoms with Gasteiger partial charge in [-0.15, -0.1) is 0 Å². The molecule has 0 unspecified atom stereocenters. The molecule has 3 heteroatoms. The zero-order chi connectivity index (χ0) is 20.3. The minimum atomic E-state index is -0.00220. The highest BCUT2D eigenvalue weighted by Gasteiger charge is 2.03. The van der Waals surface area contributed by atoms with Crippen LogP contribution in [-0.4, -0.2) is 12.5 Å². The molecule has 0 aliphatic carbocycles. The summed E-state index contributed by atoms with van der Waals surface area (Å²) in [7, 11) is 0. The Hall–Kier alpha value is -1.02.